The van der Waals surface area contributed by atoms with Crippen molar-refractivity contribution < 1.29 is 0 Å². The summed E-state index contributed by atoms with van der Waals surface area (Å²) in [6.07, 6.45) is 6.94. The van der Waals surface area contributed by atoms with Gasteiger partial charge in [-0.05, 0) is 19.4 Å². The summed E-state index contributed by atoms with van der Waals surface area (Å²) in [4.78, 5) is 0. The Hall–Kier alpha value is -0.900. The lowest BCUT2D eigenvalue weighted by atomic mass is 10.2. The van der Waals surface area contributed by atoms with Gasteiger partial charge in [0.25, 0.3) is 0 Å². The Balaban J connectivity index is 2.04. The monoisotopic (exact) mass is 154 g/mol. The SMILES string of the molecule is NCCCCCn1cnnc1. The summed E-state index contributed by atoms with van der Waals surface area (Å²) in [6.45, 7) is 1.80. The zero-order chi connectivity index (χ0) is 7.94. The maximum Gasteiger partial charge on any atom is 0.119 e. The molecule has 0 amide bonds. The molecule has 0 unspecified atom stereocenters. The van der Waals surface area contributed by atoms with E-state index >= 15 is 0 Å². The van der Waals surface area contributed by atoms with E-state index < -0.39 is 0 Å². The van der Waals surface area contributed by atoms with Gasteiger partial charge in [-0.15, -0.1) is 10.2 Å². The lowest BCUT2D eigenvalue weighted by Crippen LogP contribution is -2.00. The summed E-state index contributed by atoms with van der Waals surface area (Å²) in [6, 6.07) is 0. The minimum atomic E-state index is 0.794. The molecule has 1 rings (SSSR count). The van der Waals surface area contributed by atoms with Crippen molar-refractivity contribution in [2.24, 2.45) is 5.73 Å². The van der Waals surface area contributed by atoms with Crippen LogP contribution in [0.1, 0.15) is 19.3 Å². The summed E-state index contributed by atoms with van der Waals surface area (Å²) in [5, 5.41) is 7.42. The zero-order valence-corrected chi connectivity index (χ0v) is 6.61. The molecule has 4 nitrogen and oxygen atoms in total. The molecular formula is C7H14N4. The smallest absolute Gasteiger partial charge is 0.119 e. The maximum atomic E-state index is 5.36. The average Bonchev–Trinajstić information content (AvgIpc) is 2.50. The second kappa shape index (κ2) is 4.85. The molecule has 0 saturated heterocycles. The molecule has 0 aliphatic heterocycles. The van der Waals surface area contributed by atoms with Gasteiger partial charge >= 0.3 is 0 Å². The van der Waals surface area contributed by atoms with Crippen molar-refractivity contribution in [1.82, 2.24) is 14.8 Å². The van der Waals surface area contributed by atoms with E-state index in [0.29, 0.717) is 0 Å². The van der Waals surface area contributed by atoms with Crippen LogP contribution in [0.15, 0.2) is 12.7 Å². The van der Waals surface area contributed by atoms with E-state index in [4.69, 9.17) is 5.73 Å². The highest BCUT2D eigenvalue weighted by molar-refractivity contribution is 4.59. The fraction of sp³-hybridized carbons (Fsp3) is 0.714. The summed E-state index contributed by atoms with van der Waals surface area (Å²) in [5.74, 6) is 0. The van der Waals surface area contributed by atoms with Gasteiger partial charge < -0.3 is 10.3 Å². The first-order valence-corrected chi connectivity index (χ1v) is 3.96. The second-order valence-corrected chi connectivity index (χ2v) is 2.55. The van der Waals surface area contributed by atoms with Crippen molar-refractivity contribution in [3.8, 4) is 0 Å². The van der Waals surface area contributed by atoms with Crippen LogP contribution < -0.4 is 5.73 Å². The van der Waals surface area contributed by atoms with Crippen molar-refractivity contribution >= 4 is 0 Å². The molecular weight excluding hydrogens is 140 g/mol. The largest absolute Gasteiger partial charge is 0.330 e. The Bertz CT molecular complexity index is 171. The van der Waals surface area contributed by atoms with Crippen LogP contribution in [0, 0.1) is 0 Å². The lowest BCUT2D eigenvalue weighted by molar-refractivity contribution is 0.590. The highest BCUT2D eigenvalue weighted by atomic mass is 15.2. The molecule has 0 atom stereocenters. The van der Waals surface area contributed by atoms with Gasteiger partial charge in [0, 0.05) is 6.54 Å². The Labute approximate surface area is 66.4 Å². The fourth-order valence-corrected chi connectivity index (χ4v) is 0.953. The first-order valence-electron chi connectivity index (χ1n) is 3.96. The number of aryl methyl sites for hydroxylation is 1. The van der Waals surface area contributed by atoms with Gasteiger partial charge in [-0.2, -0.15) is 0 Å². The zero-order valence-electron chi connectivity index (χ0n) is 6.61. The third kappa shape index (κ3) is 3.13. The number of aromatic nitrogens is 3. The number of hydrogen-bond acceptors (Lipinski definition) is 3. The van der Waals surface area contributed by atoms with Gasteiger partial charge in [0.2, 0.25) is 0 Å². The molecule has 2 N–H and O–H groups in total. The minimum absolute atomic E-state index is 0.794. The number of nitrogens with two attached hydrogens (primary N) is 1. The Kier molecular flexibility index (Phi) is 3.61. The maximum absolute atomic E-state index is 5.36. The molecule has 1 aromatic rings. The second-order valence-electron chi connectivity index (χ2n) is 2.55. The number of hydrogen-bond donors (Lipinski definition) is 1. The molecule has 0 aromatic carbocycles. The van der Waals surface area contributed by atoms with E-state index in [-0.39, 0.29) is 0 Å². The van der Waals surface area contributed by atoms with E-state index in [1.54, 1.807) is 12.7 Å². The number of rotatable bonds is 5. The van der Waals surface area contributed by atoms with Crippen LogP contribution in [0.5, 0.6) is 0 Å². The van der Waals surface area contributed by atoms with Gasteiger partial charge in [-0.3, -0.25) is 0 Å². The highest BCUT2D eigenvalue weighted by Crippen LogP contribution is 1.96. The molecule has 0 aliphatic carbocycles. The van der Waals surface area contributed by atoms with Crippen molar-refractivity contribution in [3.63, 3.8) is 0 Å². The first kappa shape index (κ1) is 8.20. The quantitative estimate of drug-likeness (QED) is 0.625. The van der Waals surface area contributed by atoms with Crippen LogP contribution in [0.4, 0.5) is 0 Å². The molecule has 0 aliphatic rings. The molecule has 1 aromatic heterocycles. The topological polar surface area (TPSA) is 56.7 Å². The van der Waals surface area contributed by atoms with Crippen LogP contribution in [0.2, 0.25) is 0 Å². The van der Waals surface area contributed by atoms with Gasteiger partial charge in [0.15, 0.2) is 0 Å². The Morgan fingerprint density at radius 3 is 2.45 bits per heavy atom. The Morgan fingerprint density at radius 2 is 1.82 bits per heavy atom. The predicted octanol–water partition coefficient (Wildman–Crippen LogP) is 0.407. The first-order chi connectivity index (χ1) is 5.43. The third-order valence-electron chi connectivity index (χ3n) is 1.59. The molecule has 0 spiro atoms. The van der Waals surface area contributed by atoms with Gasteiger partial charge in [-0.1, -0.05) is 6.42 Å². The van der Waals surface area contributed by atoms with Gasteiger partial charge in [0.1, 0.15) is 12.7 Å². The van der Waals surface area contributed by atoms with Crippen molar-refractivity contribution in [2.45, 2.75) is 25.8 Å². The lowest BCUT2D eigenvalue weighted by Gasteiger charge is -1.98. The van der Waals surface area contributed by atoms with E-state index in [9.17, 15) is 0 Å². The van der Waals surface area contributed by atoms with Crippen LogP contribution in [-0.2, 0) is 6.54 Å². The standard InChI is InChI=1S/C7H14N4/c8-4-2-1-3-5-11-6-9-10-7-11/h6-7H,1-5,8H2. The summed E-state index contributed by atoms with van der Waals surface area (Å²) in [7, 11) is 0. The van der Waals surface area contributed by atoms with Crippen LogP contribution in [0.25, 0.3) is 0 Å². The summed E-state index contributed by atoms with van der Waals surface area (Å²) in [5.41, 5.74) is 5.36. The predicted molar refractivity (Wildman–Crippen MR) is 42.9 cm³/mol. The van der Waals surface area contributed by atoms with Crippen LogP contribution in [0.3, 0.4) is 0 Å². The highest BCUT2D eigenvalue weighted by Gasteiger charge is 1.89. The van der Waals surface area contributed by atoms with Gasteiger partial charge in [-0.25, -0.2) is 0 Å². The molecule has 11 heavy (non-hydrogen) atoms. The molecule has 62 valence electrons. The fourth-order valence-electron chi connectivity index (χ4n) is 0.953. The summed E-state index contributed by atoms with van der Waals surface area (Å²) < 4.78 is 1.98. The van der Waals surface area contributed by atoms with Crippen molar-refractivity contribution in [1.29, 1.82) is 0 Å². The summed E-state index contributed by atoms with van der Waals surface area (Å²) >= 11 is 0. The van der Waals surface area contributed by atoms with E-state index in [1.165, 1.54) is 6.42 Å². The van der Waals surface area contributed by atoms with Crippen molar-refractivity contribution in [2.75, 3.05) is 6.54 Å². The van der Waals surface area contributed by atoms with Crippen LogP contribution in [-0.4, -0.2) is 21.3 Å². The molecule has 0 radical (unpaired) electrons. The minimum Gasteiger partial charge on any atom is -0.330 e. The normalized spacial score (nSPS) is 10.3. The number of unbranched alkanes of at least 4 members (excludes halogenated alkanes) is 2. The molecule has 0 saturated carbocycles. The van der Waals surface area contributed by atoms with Crippen molar-refractivity contribution in [3.05, 3.63) is 12.7 Å². The van der Waals surface area contributed by atoms with E-state index in [2.05, 4.69) is 10.2 Å². The molecule has 1 heterocycles. The molecule has 0 bridgehead atoms. The number of nitrogens with zero attached hydrogens (tertiary/aromatic N) is 3. The van der Waals surface area contributed by atoms with Crippen LogP contribution >= 0.6 is 0 Å². The van der Waals surface area contributed by atoms with E-state index in [1.807, 2.05) is 4.57 Å². The average molecular weight is 154 g/mol. The Morgan fingerprint density at radius 1 is 1.09 bits per heavy atom. The third-order valence-corrected chi connectivity index (χ3v) is 1.59. The molecule has 0 fully saturated rings. The van der Waals surface area contributed by atoms with E-state index in [0.717, 1.165) is 25.9 Å². The van der Waals surface area contributed by atoms with Gasteiger partial charge in [0.05, 0.1) is 0 Å². The molecule has 4 heteroatoms.